The summed E-state index contributed by atoms with van der Waals surface area (Å²) in [5, 5.41) is 3.29. The van der Waals surface area contributed by atoms with E-state index in [2.05, 4.69) is 11.9 Å². The van der Waals surface area contributed by atoms with Gasteiger partial charge in [-0.3, -0.25) is 0 Å². The van der Waals surface area contributed by atoms with Crippen molar-refractivity contribution >= 4 is 5.97 Å². The number of carbonyl (C=O) groups excluding carboxylic acids is 1. The van der Waals surface area contributed by atoms with Crippen molar-refractivity contribution in [3.8, 4) is 0 Å². The van der Waals surface area contributed by atoms with E-state index in [1.165, 1.54) is 6.08 Å². The van der Waals surface area contributed by atoms with Crippen LogP contribution >= 0.6 is 0 Å². The number of hydrogen-bond donors (Lipinski definition) is 1. The zero-order valence-corrected chi connectivity index (χ0v) is 9.01. The van der Waals surface area contributed by atoms with Crippen LogP contribution in [0.15, 0.2) is 12.7 Å². The molecule has 0 aliphatic carbocycles. The van der Waals surface area contributed by atoms with Crippen LogP contribution < -0.4 is 5.32 Å². The first kappa shape index (κ1) is 11.2. The lowest BCUT2D eigenvalue weighted by atomic mass is 9.83. The van der Waals surface area contributed by atoms with Crippen molar-refractivity contribution < 1.29 is 9.53 Å². The highest BCUT2D eigenvalue weighted by atomic mass is 16.6. The van der Waals surface area contributed by atoms with Crippen LogP contribution in [0.25, 0.3) is 0 Å². The summed E-state index contributed by atoms with van der Waals surface area (Å²) >= 11 is 0. The van der Waals surface area contributed by atoms with E-state index in [0.717, 1.165) is 25.9 Å². The Morgan fingerprint density at radius 2 is 2.07 bits per heavy atom. The van der Waals surface area contributed by atoms with Crippen LogP contribution in [-0.2, 0) is 9.53 Å². The van der Waals surface area contributed by atoms with Crippen molar-refractivity contribution in [3.05, 3.63) is 12.7 Å². The van der Waals surface area contributed by atoms with Gasteiger partial charge in [-0.05, 0) is 39.8 Å². The quantitative estimate of drug-likeness (QED) is 0.550. The molecule has 3 nitrogen and oxygen atoms in total. The van der Waals surface area contributed by atoms with Crippen LogP contribution in [0.1, 0.15) is 26.7 Å². The zero-order valence-electron chi connectivity index (χ0n) is 9.01. The minimum Gasteiger partial charge on any atom is -0.456 e. The third kappa shape index (κ3) is 2.84. The van der Waals surface area contributed by atoms with Crippen molar-refractivity contribution in [2.75, 3.05) is 13.1 Å². The average molecular weight is 197 g/mol. The molecule has 0 aromatic heterocycles. The van der Waals surface area contributed by atoms with Crippen LogP contribution in [0.3, 0.4) is 0 Å². The van der Waals surface area contributed by atoms with Gasteiger partial charge in [0.2, 0.25) is 0 Å². The molecule has 1 aliphatic rings. The molecule has 3 heteroatoms. The van der Waals surface area contributed by atoms with E-state index in [-0.39, 0.29) is 11.6 Å². The fraction of sp³-hybridized carbons (Fsp3) is 0.727. The molecule has 1 saturated heterocycles. The van der Waals surface area contributed by atoms with Crippen molar-refractivity contribution in [1.82, 2.24) is 5.32 Å². The largest absolute Gasteiger partial charge is 0.456 e. The second-order valence-corrected chi connectivity index (χ2v) is 4.25. The van der Waals surface area contributed by atoms with E-state index in [1.54, 1.807) is 0 Å². The van der Waals surface area contributed by atoms with Crippen LogP contribution in [0.4, 0.5) is 0 Å². The van der Waals surface area contributed by atoms with Gasteiger partial charge >= 0.3 is 5.97 Å². The Balaban J connectivity index is 2.53. The molecular formula is C11H19NO2. The predicted molar refractivity (Wildman–Crippen MR) is 56.0 cm³/mol. The molecule has 1 aliphatic heterocycles. The van der Waals surface area contributed by atoms with E-state index in [0.29, 0.717) is 5.92 Å². The Hall–Kier alpha value is -0.830. The predicted octanol–water partition coefficient (Wildman–Crippen LogP) is 1.49. The highest BCUT2D eigenvalue weighted by Crippen LogP contribution is 2.28. The lowest BCUT2D eigenvalue weighted by molar-refractivity contribution is -0.156. The highest BCUT2D eigenvalue weighted by Gasteiger charge is 2.33. The molecule has 14 heavy (non-hydrogen) atoms. The lowest BCUT2D eigenvalue weighted by Crippen LogP contribution is -2.42. The molecule has 1 fully saturated rings. The summed E-state index contributed by atoms with van der Waals surface area (Å²) in [6.45, 7) is 9.38. The summed E-state index contributed by atoms with van der Waals surface area (Å²) < 4.78 is 5.34. The SMILES string of the molecule is C=CC(=O)OC(C)(C)C1CCNCC1. The smallest absolute Gasteiger partial charge is 0.330 e. The lowest BCUT2D eigenvalue weighted by Gasteiger charge is -2.36. The van der Waals surface area contributed by atoms with Gasteiger partial charge in [0.05, 0.1) is 0 Å². The maximum atomic E-state index is 11.1. The van der Waals surface area contributed by atoms with Gasteiger partial charge in [-0.2, -0.15) is 0 Å². The van der Waals surface area contributed by atoms with E-state index < -0.39 is 0 Å². The Kier molecular flexibility index (Phi) is 3.69. The Bertz CT molecular complexity index is 217. The number of esters is 1. The van der Waals surface area contributed by atoms with Gasteiger partial charge in [0.25, 0.3) is 0 Å². The van der Waals surface area contributed by atoms with E-state index in [4.69, 9.17) is 4.74 Å². The van der Waals surface area contributed by atoms with Crippen LogP contribution in [-0.4, -0.2) is 24.7 Å². The molecule has 1 rings (SSSR count). The summed E-state index contributed by atoms with van der Waals surface area (Å²) in [5.41, 5.74) is -0.368. The topological polar surface area (TPSA) is 38.3 Å². The maximum Gasteiger partial charge on any atom is 0.330 e. The molecule has 0 atom stereocenters. The van der Waals surface area contributed by atoms with E-state index in [9.17, 15) is 4.79 Å². The molecule has 0 amide bonds. The van der Waals surface area contributed by atoms with Crippen LogP contribution in [0.5, 0.6) is 0 Å². The molecule has 0 spiro atoms. The maximum absolute atomic E-state index is 11.1. The highest BCUT2D eigenvalue weighted by molar-refractivity contribution is 5.81. The van der Waals surface area contributed by atoms with Gasteiger partial charge < -0.3 is 10.1 Å². The van der Waals surface area contributed by atoms with Gasteiger partial charge in [0.15, 0.2) is 0 Å². The van der Waals surface area contributed by atoms with Crippen molar-refractivity contribution in [1.29, 1.82) is 0 Å². The van der Waals surface area contributed by atoms with E-state index in [1.807, 2.05) is 13.8 Å². The second kappa shape index (κ2) is 4.60. The fourth-order valence-electron chi connectivity index (χ4n) is 1.90. The second-order valence-electron chi connectivity index (χ2n) is 4.25. The molecule has 0 aromatic carbocycles. The number of hydrogen-bond acceptors (Lipinski definition) is 3. The molecule has 1 N–H and O–H groups in total. The molecule has 0 unspecified atom stereocenters. The molecule has 0 aromatic rings. The average Bonchev–Trinajstić information content (AvgIpc) is 2.18. The van der Waals surface area contributed by atoms with Crippen LogP contribution in [0, 0.1) is 5.92 Å². The third-order valence-electron chi connectivity index (χ3n) is 2.85. The van der Waals surface area contributed by atoms with Crippen molar-refractivity contribution in [2.24, 2.45) is 5.92 Å². The molecule has 0 bridgehead atoms. The molecular weight excluding hydrogens is 178 g/mol. The third-order valence-corrected chi connectivity index (χ3v) is 2.85. The van der Waals surface area contributed by atoms with Gasteiger partial charge in [0, 0.05) is 12.0 Å². The summed E-state index contributed by atoms with van der Waals surface area (Å²) in [6.07, 6.45) is 3.36. The van der Waals surface area contributed by atoms with E-state index >= 15 is 0 Å². The minimum atomic E-state index is -0.368. The minimum absolute atomic E-state index is 0.325. The number of rotatable bonds is 3. The number of carbonyl (C=O) groups is 1. The van der Waals surface area contributed by atoms with Gasteiger partial charge in [0.1, 0.15) is 5.60 Å². The first-order valence-corrected chi connectivity index (χ1v) is 5.12. The number of ether oxygens (including phenoxy) is 1. The summed E-state index contributed by atoms with van der Waals surface area (Å²) in [5.74, 6) is 0.126. The van der Waals surface area contributed by atoms with Gasteiger partial charge in [-0.1, -0.05) is 6.58 Å². The zero-order chi connectivity index (χ0) is 10.6. The normalized spacial score (nSPS) is 19.0. The van der Waals surface area contributed by atoms with Crippen LogP contribution in [0.2, 0.25) is 0 Å². The standard InChI is InChI=1S/C11H19NO2/c1-4-10(13)14-11(2,3)9-5-7-12-8-6-9/h4,9,12H,1,5-8H2,2-3H3. The summed E-state index contributed by atoms with van der Waals surface area (Å²) in [4.78, 5) is 11.1. The first-order chi connectivity index (χ1) is 6.56. The van der Waals surface area contributed by atoms with Crippen molar-refractivity contribution in [2.45, 2.75) is 32.3 Å². The summed E-state index contributed by atoms with van der Waals surface area (Å²) in [7, 11) is 0. The Morgan fingerprint density at radius 3 is 2.57 bits per heavy atom. The molecule has 1 heterocycles. The molecule has 80 valence electrons. The first-order valence-electron chi connectivity index (χ1n) is 5.12. The van der Waals surface area contributed by atoms with Crippen molar-refractivity contribution in [3.63, 3.8) is 0 Å². The Labute approximate surface area is 85.5 Å². The Morgan fingerprint density at radius 1 is 1.50 bits per heavy atom. The monoisotopic (exact) mass is 197 g/mol. The molecule has 0 saturated carbocycles. The number of piperidine rings is 1. The van der Waals surface area contributed by atoms with Gasteiger partial charge in [-0.25, -0.2) is 4.79 Å². The number of nitrogens with one attached hydrogen (secondary N) is 1. The summed E-state index contributed by atoms with van der Waals surface area (Å²) in [6, 6.07) is 0. The fourth-order valence-corrected chi connectivity index (χ4v) is 1.90. The molecule has 0 radical (unpaired) electrons. The van der Waals surface area contributed by atoms with Gasteiger partial charge in [-0.15, -0.1) is 0 Å².